The van der Waals surface area contributed by atoms with Crippen LogP contribution in [0.4, 0.5) is 0 Å². The van der Waals surface area contributed by atoms with Crippen LogP contribution in [0.3, 0.4) is 0 Å². The Morgan fingerprint density at radius 3 is 1.94 bits per heavy atom. The van der Waals surface area contributed by atoms with Crippen molar-refractivity contribution in [3.05, 3.63) is 29.8 Å². The van der Waals surface area contributed by atoms with Crippen molar-refractivity contribution in [2.24, 2.45) is 17.6 Å². The van der Waals surface area contributed by atoms with Crippen LogP contribution in [0.1, 0.15) is 46.6 Å². The topological polar surface area (TPSA) is 171 Å². The van der Waals surface area contributed by atoms with E-state index in [1.54, 1.807) is 26.0 Å². The second-order valence-corrected chi connectivity index (χ2v) is 8.97. The van der Waals surface area contributed by atoms with Crippen molar-refractivity contribution in [2.45, 2.75) is 71.6 Å². The molecule has 1 aromatic carbocycles. The van der Waals surface area contributed by atoms with E-state index in [-0.39, 0.29) is 24.0 Å². The molecule has 0 spiro atoms. The number of carbonyl (C=O) groups excluding carboxylic acids is 3. The lowest BCUT2D eigenvalue weighted by molar-refractivity contribution is -0.143. The van der Waals surface area contributed by atoms with E-state index in [1.807, 2.05) is 13.8 Å². The van der Waals surface area contributed by atoms with Gasteiger partial charge < -0.3 is 31.9 Å². The summed E-state index contributed by atoms with van der Waals surface area (Å²) in [5, 5.41) is 26.5. The normalized spacial score (nSPS) is 14.8. The second-order valence-electron chi connectivity index (χ2n) is 8.97. The molecule has 4 atom stereocenters. The van der Waals surface area contributed by atoms with E-state index < -0.39 is 47.9 Å². The number of aromatic hydroxyl groups is 1. The molecule has 0 aromatic heterocycles. The number of aliphatic carboxylic acids is 1. The van der Waals surface area contributed by atoms with Crippen molar-refractivity contribution < 1.29 is 29.4 Å². The Hall–Kier alpha value is -3.14. The molecular weight excluding hydrogens is 428 g/mol. The first-order valence-corrected chi connectivity index (χ1v) is 11.0. The number of benzene rings is 1. The van der Waals surface area contributed by atoms with Gasteiger partial charge in [0.15, 0.2) is 0 Å². The standard InChI is InChI=1S/C23H36N4O6/c1-12(2)10-17(24)21(30)25-14(5)20(29)26-18(11-15-6-8-16(28)9-7-15)22(31)27-19(13(3)4)23(32)33/h6-9,12-14,17-19,28H,10-11,24H2,1-5H3,(H,25,30)(H,26,29)(H,27,31)(H,32,33). The van der Waals surface area contributed by atoms with Gasteiger partial charge in [-0.15, -0.1) is 0 Å². The minimum Gasteiger partial charge on any atom is -0.508 e. The number of rotatable bonds is 12. The van der Waals surface area contributed by atoms with Gasteiger partial charge in [0.2, 0.25) is 17.7 Å². The van der Waals surface area contributed by atoms with Crippen LogP contribution in [-0.4, -0.2) is 58.1 Å². The molecule has 0 fully saturated rings. The Balaban J connectivity index is 2.96. The summed E-state index contributed by atoms with van der Waals surface area (Å²) in [5.41, 5.74) is 6.50. The number of amides is 3. The molecule has 0 radical (unpaired) electrons. The van der Waals surface area contributed by atoms with E-state index in [0.29, 0.717) is 12.0 Å². The lowest BCUT2D eigenvalue weighted by atomic mass is 10.0. The Labute approximate surface area is 194 Å². The molecular formula is C23H36N4O6. The summed E-state index contributed by atoms with van der Waals surface area (Å²) < 4.78 is 0. The summed E-state index contributed by atoms with van der Waals surface area (Å²) in [6, 6.07) is 2.10. The highest BCUT2D eigenvalue weighted by Gasteiger charge is 2.30. The Kier molecular flexibility index (Phi) is 10.8. The molecule has 10 heteroatoms. The van der Waals surface area contributed by atoms with E-state index in [2.05, 4.69) is 16.0 Å². The van der Waals surface area contributed by atoms with Crippen molar-refractivity contribution in [3.63, 3.8) is 0 Å². The van der Waals surface area contributed by atoms with Crippen LogP contribution in [0.5, 0.6) is 5.75 Å². The van der Waals surface area contributed by atoms with E-state index in [1.165, 1.54) is 19.1 Å². The quantitative estimate of drug-likeness (QED) is 0.262. The van der Waals surface area contributed by atoms with Crippen LogP contribution in [0, 0.1) is 11.8 Å². The molecule has 0 aliphatic heterocycles. The Morgan fingerprint density at radius 2 is 1.45 bits per heavy atom. The summed E-state index contributed by atoms with van der Waals surface area (Å²) in [6.45, 7) is 8.64. The van der Waals surface area contributed by atoms with Gasteiger partial charge in [-0.2, -0.15) is 0 Å². The van der Waals surface area contributed by atoms with Gasteiger partial charge in [0.05, 0.1) is 6.04 Å². The average Bonchev–Trinajstić information content (AvgIpc) is 2.71. The van der Waals surface area contributed by atoms with Gasteiger partial charge in [-0.05, 0) is 42.9 Å². The summed E-state index contributed by atoms with van der Waals surface area (Å²) in [6.07, 6.45) is 0.508. The molecule has 33 heavy (non-hydrogen) atoms. The molecule has 4 unspecified atom stereocenters. The maximum atomic E-state index is 12.9. The molecule has 0 bridgehead atoms. The van der Waals surface area contributed by atoms with Crippen LogP contribution in [-0.2, 0) is 25.6 Å². The Morgan fingerprint density at radius 1 is 0.879 bits per heavy atom. The highest BCUT2D eigenvalue weighted by Crippen LogP contribution is 2.12. The largest absolute Gasteiger partial charge is 0.508 e. The van der Waals surface area contributed by atoms with Crippen LogP contribution in [0.15, 0.2) is 24.3 Å². The molecule has 7 N–H and O–H groups in total. The smallest absolute Gasteiger partial charge is 0.326 e. The molecule has 184 valence electrons. The zero-order chi connectivity index (χ0) is 25.3. The zero-order valence-corrected chi connectivity index (χ0v) is 19.8. The van der Waals surface area contributed by atoms with E-state index in [4.69, 9.17) is 5.73 Å². The number of carbonyl (C=O) groups is 4. The fourth-order valence-corrected chi connectivity index (χ4v) is 3.14. The Bertz CT molecular complexity index is 825. The molecule has 1 aromatic rings. The van der Waals surface area contributed by atoms with E-state index >= 15 is 0 Å². The third-order valence-corrected chi connectivity index (χ3v) is 5.05. The van der Waals surface area contributed by atoms with Crippen molar-refractivity contribution in [1.82, 2.24) is 16.0 Å². The molecule has 0 saturated carbocycles. The molecule has 0 aliphatic carbocycles. The average molecular weight is 465 g/mol. The maximum absolute atomic E-state index is 12.9. The van der Waals surface area contributed by atoms with E-state index in [0.717, 1.165) is 0 Å². The predicted octanol–water partition coefficient (Wildman–Crippen LogP) is 0.523. The number of phenols is 1. The van der Waals surface area contributed by atoms with E-state index in [9.17, 15) is 29.4 Å². The molecule has 10 nitrogen and oxygen atoms in total. The number of carboxylic acids is 1. The minimum atomic E-state index is -1.19. The van der Waals surface area contributed by atoms with Crippen LogP contribution in [0.2, 0.25) is 0 Å². The summed E-state index contributed by atoms with van der Waals surface area (Å²) in [7, 11) is 0. The summed E-state index contributed by atoms with van der Waals surface area (Å²) in [4.78, 5) is 49.4. The molecule has 1 rings (SSSR count). The number of hydrogen-bond donors (Lipinski definition) is 6. The number of carboxylic acid groups (broad SMARTS) is 1. The van der Waals surface area contributed by atoms with Gasteiger partial charge >= 0.3 is 5.97 Å². The third-order valence-electron chi connectivity index (χ3n) is 5.05. The SMILES string of the molecule is CC(C)CC(N)C(=O)NC(C)C(=O)NC(Cc1ccc(O)cc1)C(=O)NC(C(=O)O)C(C)C. The number of nitrogens with one attached hydrogen (secondary N) is 3. The minimum absolute atomic E-state index is 0.0450. The lowest BCUT2D eigenvalue weighted by Crippen LogP contribution is -2.57. The van der Waals surface area contributed by atoms with Crippen LogP contribution < -0.4 is 21.7 Å². The maximum Gasteiger partial charge on any atom is 0.326 e. The lowest BCUT2D eigenvalue weighted by Gasteiger charge is -2.25. The monoisotopic (exact) mass is 464 g/mol. The molecule has 3 amide bonds. The van der Waals surface area contributed by atoms with Gasteiger partial charge in [-0.3, -0.25) is 14.4 Å². The van der Waals surface area contributed by atoms with Gasteiger partial charge in [-0.1, -0.05) is 39.8 Å². The first-order chi connectivity index (χ1) is 15.3. The first-order valence-electron chi connectivity index (χ1n) is 11.0. The van der Waals surface area contributed by atoms with Gasteiger partial charge in [-0.25, -0.2) is 4.79 Å². The van der Waals surface area contributed by atoms with Crippen molar-refractivity contribution in [1.29, 1.82) is 0 Å². The van der Waals surface area contributed by atoms with Crippen molar-refractivity contribution in [2.75, 3.05) is 0 Å². The van der Waals surface area contributed by atoms with Crippen molar-refractivity contribution >= 4 is 23.7 Å². The number of nitrogens with two attached hydrogens (primary N) is 1. The third kappa shape index (κ3) is 9.48. The highest BCUT2D eigenvalue weighted by atomic mass is 16.4. The van der Waals surface area contributed by atoms with Gasteiger partial charge in [0, 0.05) is 6.42 Å². The van der Waals surface area contributed by atoms with Gasteiger partial charge in [0.25, 0.3) is 0 Å². The molecule has 0 heterocycles. The zero-order valence-electron chi connectivity index (χ0n) is 19.8. The van der Waals surface area contributed by atoms with Crippen LogP contribution >= 0.6 is 0 Å². The van der Waals surface area contributed by atoms with Gasteiger partial charge in [0.1, 0.15) is 23.9 Å². The molecule has 0 aliphatic rings. The second kappa shape index (κ2) is 12.8. The predicted molar refractivity (Wildman–Crippen MR) is 123 cm³/mol. The van der Waals surface area contributed by atoms with Crippen LogP contribution in [0.25, 0.3) is 0 Å². The number of hydrogen-bond acceptors (Lipinski definition) is 6. The fourth-order valence-electron chi connectivity index (χ4n) is 3.14. The van der Waals surface area contributed by atoms with Crippen molar-refractivity contribution in [3.8, 4) is 5.75 Å². The summed E-state index contributed by atoms with van der Waals surface area (Å²) >= 11 is 0. The fraction of sp³-hybridized carbons (Fsp3) is 0.565. The number of phenolic OH excluding ortho intramolecular Hbond substituents is 1. The highest BCUT2D eigenvalue weighted by molar-refractivity contribution is 5.94. The molecule has 0 saturated heterocycles. The first kappa shape index (κ1) is 27.9. The summed E-state index contributed by atoms with van der Waals surface area (Å²) in [5.74, 6) is -3.08.